The lowest BCUT2D eigenvalue weighted by atomic mass is 10.0. The monoisotopic (exact) mass is 422 g/mol. The van der Waals surface area contributed by atoms with Crippen molar-refractivity contribution in [2.24, 2.45) is 0 Å². The standard InChI is InChI=1S/C26H52O2.Mg.2H/c1-3-5-7-9-11-12-13-14-15-16-17-18-19-20-22-24-26(27)28-25-23-21-10-8-6-4-2;;;/h3-25H2,1-2H3;;;. The summed E-state index contributed by atoms with van der Waals surface area (Å²) < 4.78 is 5.33. The molecule has 0 bridgehead atoms. The normalized spacial score (nSPS) is 10.7. The number of hydrogen-bond acceptors (Lipinski definition) is 2. The first-order valence-corrected chi connectivity index (χ1v) is 13.0. The van der Waals surface area contributed by atoms with Crippen molar-refractivity contribution in [2.75, 3.05) is 6.61 Å². The van der Waals surface area contributed by atoms with Crippen LogP contribution in [0, 0.1) is 0 Å². The van der Waals surface area contributed by atoms with Crippen LogP contribution in [0.2, 0.25) is 0 Å². The zero-order valence-electron chi connectivity index (χ0n) is 19.6. The summed E-state index contributed by atoms with van der Waals surface area (Å²) >= 11 is 0. The lowest BCUT2D eigenvalue weighted by molar-refractivity contribution is -0.143. The molecule has 0 atom stereocenters. The molecule has 0 aliphatic carbocycles. The average Bonchev–Trinajstić information content (AvgIpc) is 2.70. The van der Waals surface area contributed by atoms with Crippen LogP contribution in [-0.4, -0.2) is 35.6 Å². The minimum Gasteiger partial charge on any atom is -0.466 e. The first-order chi connectivity index (χ1) is 13.8. The van der Waals surface area contributed by atoms with Gasteiger partial charge in [-0.2, -0.15) is 0 Å². The molecule has 0 heterocycles. The molecular formula is C26H54MgO2. The van der Waals surface area contributed by atoms with Crippen LogP contribution in [-0.2, 0) is 9.53 Å². The zero-order chi connectivity index (χ0) is 20.5. The van der Waals surface area contributed by atoms with E-state index in [-0.39, 0.29) is 29.0 Å². The Balaban J connectivity index is 0. The summed E-state index contributed by atoms with van der Waals surface area (Å²) in [5.74, 6) is 0.0169. The second-order valence-corrected chi connectivity index (χ2v) is 8.69. The highest BCUT2D eigenvalue weighted by atomic mass is 24.3. The summed E-state index contributed by atoms with van der Waals surface area (Å²) in [6, 6.07) is 0. The second-order valence-electron chi connectivity index (χ2n) is 8.69. The quantitative estimate of drug-likeness (QED) is 0.0940. The highest BCUT2D eigenvalue weighted by molar-refractivity contribution is 5.75. The van der Waals surface area contributed by atoms with Gasteiger partial charge in [-0.3, -0.25) is 4.79 Å². The van der Waals surface area contributed by atoms with Crippen LogP contribution in [0.15, 0.2) is 0 Å². The van der Waals surface area contributed by atoms with E-state index in [4.69, 9.17) is 4.74 Å². The van der Waals surface area contributed by atoms with Gasteiger partial charge in [-0.15, -0.1) is 0 Å². The molecule has 3 heteroatoms. The molecule has 0 fully saturated rings. The Hall–Kier alpha value is 0.236. The molecule has 0 aliphatic rings. The van der Waals surface area contributed by atoms with Gasteiger partial charge in [0.05, 0.1) is 6.61 Å². The summed E-state index contributed by atoms with van der Waals surface area (Å²) in [5.41, 5.74) is 0. The van der Waals surface area contributed by atoms with Crippen molar-refractivity contribution in [1.82, 2.24) is 0 Å². The average molecular weight is 423 g/mol. The van der Waals surface area contributed by atoms with Gasteiger partial charge in [0.2, 0.25) is 0 Å². The van der Waals surface area contributed by atoms with Crippen molar-refractivity contribution in [1.29, 1.82) is 0 Å². The third kappa shape index (κ3) is 28.2. The summed E-state index contributed by atoms with van der Waals surface area (Å²) in [5, 5.41) is 0. The lowest BCUT2D eigenvalue weighted by Crippen LogP contribution is -2.05. The van der Waals surface area contributed by atoms with Gasteiger partial charge in [-0.1, -0.05) is 136 Å². The molecule has 0 spiro atoms. The van der Waals surface area contributed by atoms with Gasteiger partial charge in [-0.25, -0.2) is 0 Å². The first kappa shape index (κ1) is 31.4. The van der Waals surface area contributed by atoms with Gasteiger partial charge in [0.25, 0.3) is 0 Å². The smallest absolute Gasteiger partial charge is 0.316 e. The molecule has 0 amide bonds. The summed E-state index contributed by atoms with van der Waals surface area (Å²) in [6.45, 7) is 5.15. The minimum atomic E-state index is 0. The third-order valence-electron chi connectivity index (χ3n) is 5.75. The van der Waals surface area contributed by atoms with Crippen molar-refractivity contribution in [3.05, 3.63) is 0 Å². The van der Waals surface area contributed by atoms with E-state index in [9.17, 15) is 4.79 Å². The maximum Gasteiger partial charge on any atom is 0.316 e. The van der Waals surface area contributed by atoms with Crippen LogP contribution < -0.4 is 0 Å². The van der Waals surface area contributed by atoms with Gasteiger partial charge < -0.3 is 4.74 Å². The summed E-state index contributed by atoms with van der Waals surface area (Å²) in [6.07, 6.45) is 28.5. The van der Waals surface area contributed by atoms with Crippen LogP contribution in [0.1, 0.15) is 155 Å². The Morgan fingerprint density at radius 2 is 0.793 bits per heavy atom. The van der Waals surface area contributed by atoms with E-state index >= 15 is 0 Å². The topological polar surface area (TPSA) is 26.3 Å². The number of ether oxygens (including phenoxy) is 1. The zero-order valence-corrected chi connectivity index (χ0v) is 19.6. The Morgan fingerprint density at radius 3 is 1.17 bits per heavy atom. The molecule has 172 valence electrons. The van der Waals surface area contributed by atoms with Gasteiger partial charge in [-0.05, 0) is 12.8 Å². The predicted molar refractivity (Wildman–Crippen MR) is 132 cm³/mol. The van der Waals surface area contributed by atoms with E-state index in [1.807, 2.05) is 0 Å². The number of carbonyl (C=O) groups is 1. The fourth-order valence-corrected chi connectivity index (χ4v) is 3.78. The molecular weight excluding hydrogens is 369 g/mol. The number of esters is 1. The van der Waals surface area contributed by atoms with Crippen LogP contribution in [0.4, 0.5) is 0 Å². The van der Waals surface area contributed by atoms with Crippen molar-refractivity contribution in [2.45, 2.75) is 155 Å². The highest BCUT2D eigenvalue weighted by Gasteiger charge is 2.02. The molecule has 0 rings (SSSR count). The number of unbranched alkanes of at least 4 members (excludes halogenated alkanes) is 19. The summed E-state index contributed by atoms with van der Waals surface area (Å²) in [4.78, 5) is 11.7. The molecule has 2 nitrogen and oxygen atoms in total. The molecule has 0 radical (unpaired) electrons. The fraction of sp³-hybridized carbons (Fsp3) is 0.962. The van der Waals surface area contributed by atoms with Gasteiger partial charge >= 0.3 is 29.0 Å². The first-order valence-electron chi connectivity index (χ1n) is 13.0. The second kappa shape index (κ2) is 28.2. The van der Waals surface area contributed by atoms with Crippen molar-refractivity contribution < 1.29 is 9.53 Å². The van der Waals surface area contributed by atoms with E-state index in [1.54, 1.807) is 0 Å². The van der Waals surface area contributed by atoms with E-state index in [2.05, 4.69) is 13.8 Å². The molecule has 0 unspecified atom stereocenters. The van der Waals surface area contributed by atoms with Crippen molar-refractivity contribution in [3.8, 4) is 0 Å². The Morgan fingerprint density at radius 1 is 0.483 bits per heavy atom. The third-order valence-corrected chi connectivity index (χ3v) is 5.75. The highest BCUT2D eigenvalue weighted by Crippen LogP contribution is 2.14. The number of rotatable bonds is 23. The Kier molecular flexibility index (Phi) is 30.6. The maximum atomic E-state index is 11.7. The Labute approximate surface area is 199 Å². The lowest BCUT2D eigenvalue weighted by Gasteiger charge is -2.05. The predicted octanol–water partition coefficient (Wildman–Crippen LogP) is 8.24. The Bertz CT molecular complexity index is 307. The van der Waals surface area contributed by atoms with Gasteiger partial charge in [0.1, 0.15) is 0 Å². The molecule has 0 aliphatic heterocycles. The largest absolute Gasteiger partial charge is 0.466 e. The minimum absolute atomic E-state index is 0. The van der Waals surface area contributed by atoms with Gasteiger partial charge in [0, 0.05) is 6.42 Å². The van der Waals surface area contributed by atoms with Crippen molar-refractivity contribution in [3.63, 3.8) is 0 Å². The number of hydrogen-bond donors (Lipinski definition) is 0. The molecule has 0 saturated heterocycles. The van der Waals surface area contributed by atoms with E-state index < -0.39 is 0 Å². The molecule has 0 N–H and O–H groups in total. The van der Waals surface area contributed by atoms with Gasteiger partial charge in [0.15, 0.2) is 0 Å². The van der Waals surface area contributed by atoms with E-state index in [0.29, 0.717) is 13.0 Å². The SMILES string of the molecule is CCCCCCCCCCCCCCCCCC(=O)OCCCCCCCC.[MgH2]. The molecule has 29 heavy (non-hydrogen) atoms. The van der Waals surface area contributed by atoms with Crippen LogP contribution >= 0.6 is 0 Å². The fourth-order valence-electron chi connectivity index (χ4n) is 3.78. The molecule has 0 saturated carbocycles. The van der Waals surface area contributed by atoms with Crippen LogP contribution in [0.3, 0.4) is 0 Å². The van der Waals surface area contributed by atoms with Crippen molar-refractivity contribution >= 4 is 29.0 Å². The van der Waals surface area contributed by atoms with Crippen LogP contribution in [0.25, 0.3) is 0 Å². The molecule has 0 aromatic heterocycles. The van der Waals surface area contributed by atoms with Crippen LogP contribution in [0.5, 0.6) is 0 Å². The summed E-state index contributed by atoms with van der Waals surface area (Å²) in [7, 11) is 0. The van der Waals surface area contributed by atoms with E-state index in [0.717, 1.165) is 12.8 Å². The van der Waals surface area contributed by atoms with E-state index in [1.165, 1.54) is 122 Å². The maximum absolute atomic E-state index is 11.7. The molecule has 0 aromatic rings. The number of carbonyl (C=O) groups excluding carboxylic acids is 1. The molecule has 0 aromatic carbocycles.